The lowest BCUT2D eigenvalue weighted by Crippen LogP contribution is -2.06. The van der Waals surface area contributed by atoms with Crippen LogP contribution < -0.4 is 10.4 Å². The molecule has 0 saturated carbocycles. The predicted octanol–water partition coefficient (Wildman–Crippen LogP) is 5.88. The van der Waals surface area contributed by atoms with Crippen molar-refractivity contribution in [3.05, 3.63) is 100 Å². The zero-order valence-electron chi connectivity index (χ0n) is 16.1. The highest BCUT2D eigenvalue weighted by atomic mass is 16.5. The van der Waals surface area contributed by atoms with Crippen molar-refractivity contribution in [3.63, 3.8) is 0 Å². The van der Waals surface area contributed by atoms with Crippen molar-refractivity contribution < 1.29 is 9.15 Å². The van der Waals surface area contributed by atoms with E-state index in [-0.39, 0.29) is 5.63 Å². The summed E-state index contributed by atoms with van der Waals surface area (Å²) in [5.74, 6) is 1.47. The van der Waals surface area contributed by atoms with Gasteiger partial charge in [0.05, 0.1) is 12.2 Å². The Balaban J connectivity index is 1.74. The number of ether oxygens (including phenoxy) is 1. The molecule has 0 N–H and O–H groups in total. The molecule has 1 aliphatic heterocycles. The summed E-state index contributed by atoms with van der Waals surface area (Å²) in [4.78, 5) is 13.2. The summed E-state index contributed by atoms with van der Waals surface area (Å²) in [5.41, 5.74) is 6.15. The van der Waals surface area contributed by atoms with E-state index in [0.717, 1.165) is 45.6 Å². The molecule has 29 heavy (non-hydrogen) atoms. The van der Waals surface area contributed by atoms with Crippen molar-refractivity contribution in [2.24, 2.45) is 0 Å². The first-order valence-corrected chi connectivity index (χ1v) is 9.76. The molecule has 3 aromatic carbocycles. The highest BCUT2D eigenvalue weighted by Gasteiger charge is 2.19. The van der Waals surface area contributed by atoms with E-state index in [4.69, 9.17) is 9.15 Å². The standard InChI is InChI=1S/C26H20O3/c1-17-7-9-19(10-8-17)24-16-22(18-5-3-2-4-6-18)25(26(27)29-24)21-11-12-23-20(15-21)13-14-28-23/h2-12,15-16H,13-14H2,1H3. The van der Waals surface area contributed by atoms with Crippen LogP contribution in [-0.4, -0.2) is 6.61 Å². The molecule has 3 heteroatoms. The first kappa shape index (κ1) is 17.5. The van der Waals surface area contributed by atoms with Gasteiger partial charge in [0.25, 0.3) is 0 Å². The van der Waals surface area contributed by atoms with E-state index in [1.165, 1.54) is 0 Å². The fourth-order valence-corrected chi connectivity index (χ4v) is 3.81. The summed E-state index contributed by atoms with van der Waals surface area (Å²) in [6.45, 7) is 2.72. The molecule has 0 fully saturated rings. The topological polar surface area (TPSA) is 39.4 Å². The Hall–Kier alpha value is -3.59. The van der Waals surface area contributed by atoms with Gasteiger partial charge in [0.15, 0.2) is 0 Å². The zero-order valence-corrected chi connectivity index (χ0v) is 16.1. The van der Waals surface area contributed by atoms with Crippen LogP contribution in [0.2, 0.25) is 0 Å². The smallest absolute Gasteiger partial charge is 0.344 e. The van der Waals surface area contributed by atoms with Crippen molar-refractivity contribution in [2.75, 3.05) is 6.61 Å². The SMILES string of the molecule is Cc1ccc(-c2cc(-c3ccccc3)c(-c3ccc4c(c3)CCO4)c(=O)o2)cc1. The minimum absolute atomic E-state index is 0.333. The molecule has 0 amide bonds. The van der Waals surface area contributed by atoms with Crippen LogP contribution in [0.3, 0.4) is 0 Å². The Labute approximate surface area is 169 Å². The Kier molecular flexibility index (Phi) is 4.28. The Morgan fingerprint density at radius 2 is 1.55 bits per heavy atom. The summed E-state index contributed by atoms with van der Waals surface area (Å²) in [6, 6.07) is 25.9. The van der Waals surface area contributed by atoms with Gasteiger partial charge in [-0.15, -0.1) is 0 Å². The summed E-state index contributed by atoms with van der Waals surface area (Å²) >= 11 is 0. The molecule has 0 bridgehead atoms. The molecule has 0 radical (unpaired) electrons. The van der Waals surface area contributed by atoms with Crippen molar-refractivity contribution in [3.8, 4) is 39.3 Å². The van der Waals surface area contributed by atoms with Gasteiger partial charge < -0.3 is 9.15 Å². The first-order valence-electron chi connectivity index (χ1n) is 9.76. The van der Waals surface area contributed by atoms with E-state index in [9.17, 15) is 4.79 Å². The van der Waals surface area contributed by atoms with Gasteiger partial charge in [-0.2, -0.15) is 0 Å². The molecule has 1 aliphatic rings. The van der Waals surface area contributed by atoms with Crippen LogP contribution in [0.4, 0.5) is 0 Å². The third-order valence-corrected chi connectivity index (χ3v) is 5.35. The molecular formula is C26H20O3. The summed E-state index contributed by atoms with van der Waals surface area (Å²) in [6.07, 6.45) is 0.858. The lowest BCUT2D eigenvalue weighted by Gasteiger charge is -2.12. The third kappa shape index (κ3) is 3.25. The minimum atomic E-state index is -0.333. The number of benzene rings is 3. The van der Waals surface area contributed by atoms with E-state index in [2.05, 4.69) is 0 Å². The molecule has 0 aliphatic carbocycles. The lowest BCUT2D eigenvalue weighted by atomic mass is 9.94. The van der Waals surface area contributed by atoms with Crippen LogP contribution >= 0.6 is 0 Å². The third-order valence-electron chi connectivity index (χ3n) is 5.35. The second-order valence-electron chi connectivity index (χ2n) is 7.34. The van der Waals surface area contributed by atoms with Crippen molar-refractivity contribution in [1.29, 1.82) is 0 Å². The molecule has 0 atom stereocenters. The van der Waals surface area contributed by atoms with Crippen LogP contribution in [0.5, 0.6) is 5.75 Å². The van der Waals surface area contributed by atoms with Gasteiger partial charge in [-0.05, 0) is 41.8 Å². The van der Waals surface area contributed by atoms with Crippen LogP contribution in [0.25, 0.3) is 33.6 Å². The summed E-state index contributed by atoms with van der Waals surface area (Å²) in [7, 11) is 0. The fraction of sp³-hybridized carbons (Fsp3) is 0.115. The number of aryl methyl sites for hydroxylation is 1. The van der Waals surface area contributed by atoms with E-state index in [1.54, 1.807) is 0 Å². The highest BCUT2D eigenvalue weighted by molar-refractivity contribution is 5.85. The van der Waals surface area contributed by atoms with Gasteiger partial charge in [0.1, 0.15) is 11.5 Å². The quantitative estimate of drug-likeness (QED) is 0.445. The molecule has 0 unspecified atom stereocenters. The molecule has 5 rings (SSSR count). The number of fused-ring (bicyclic) bond motifs is 1. The number of hydrogen-bond acceptors (Lipinski definition) is 3. The monoisotopic (exact) mass is 380 g/mol. The average molecular weight is 380 g/mol. The van der Waals surface area contributed by atoms with Crippen molar-refractivity contribution >= 4 is 0 Å². The van der Waals surface area contributed by atoms with Gasteiger partial charge in [-0.3, -0.25) is 0 Å². The zero-order chi connectivity index (χ0) is 19.8. The Morgan fingerprint density at radius 3 is 2.34 bits per heavy atom. The number of hydrogen-bond donors (Lipinski definition) is 0. The average Bonchev–Trinajstić information content (AvgIpc) is 3.22. The van der Waals surface area contributed by atoms with E-state index in [1.807, 2.05) is 85.8 Å². The van der Waals surface area contributed by atoms with Gasteiger partial charge in [0.2, 0.25) is 0 Å². The van der Waals surface area contributed by atoms with E-state index < -0.39 is 0 Å². The van der Waals surface area contributed by atoms with Gasteiger partial charge in [-0.1, -0.05) is 66.2 Å². The van der Waals surface area contributed by atoms with E-state index in [0.29, 0.717) is 17.9 Å². The Morgan fingerprint density at radius 1 is 0.793 bits per heavy atom. The molecule has 4 aromatic rings. The molecule has 2 heterocycles. The van der Waals surface area contributed by atoms with Crippen molar-refractivity contribution in [1.82, 2.24) is 0 Å². The highest BCUT2D eigenvalue weighted by Crippen LogP contribution is 2.36. The summed E-state index contributed by atoms with van der Waals surface area (Å²) in [5, 5.41) is 0. The molecule has 0 saturated heterocycles. The largest absolute Gasteiger partial charge is 0.493 e. The number of rotatable bonds is 3. The van der Waals surface area contributed by atoms with Crippen LogP contribution in [0, 0.1) is 6.92 Å². The first-order chi connectivity index (χ1) is 14.2. The Bertz CT molecular complexity index is 1240. The summed E-state index contributed by atoms with van der Waals surface area (Å²) < 4.78 is 11.4. The van der Waals surface area contributed by atoms with Crippen LogP contribution in [-0.2, 0) is 6.42 Å². The molecule has 1 aromatic heterocycles. The maximum atomic E-state index is 13.2. The van der Waals surface area contributed by atoms with Gasteiger partial charge in [-0.25, -0.2) is 4.79 Å². The second kappa shape index (κ2) is 7.10. The molecule has 3 nitrogen and oxygen atoms in total. The molecule has 0 spiro atoms. The lowest BCUT2D eigenvalue weighted by molar-refractivity contribution is 0.357. The van der Waals surface area contributed by atoms with Crippen molar-refractivity contribution in [2.45, 2.75) is 13.3 Å². The molecular weight excluding hydrogens is 360 g/mol. The van der Waals surface area contributed by atoms with Crippen LogP contribution in [0.1, 0.15) is 11.1 Å². The normalized spacial score (nSPS) is 12.4. The van der Waals surface area contributed by atoms with Gasteiger partial charge >= 0.3 is 5.63 Å². The predicted molar refractivity (Wildman–Crippen MR) is 115 cm³/mol. The second-order valence-corrected chi connectivity index (χ2v) is 7.34. The van der Waals surface area contributed by atoms with E-state index >= 15 is 0 Å². The maximum Gasteiger partial charge on any atom is 0.344 e. The van der Waals surface area contributed by atoms with Crippen LogP contribution in [0.15, 0.2) is 88.1 Å². The van der Waals surface area contributed by atoms with Gasteiger partial charge in [0, 0.05) is 17.5 Å². The maximum absolute atomic E-state index is 13.2. The minimum Gasteiger partial charge on any atom is -0.493 e. The fourth-order valence-electron chi connectivity index (χ4n) is 3.81. The molecule has 142 valence electrons.